The van der Waals surface area contributed by atoms with Gasteiger partial charge in [0.1, 0.15) is 16.3 Å². The summed E-state index contributed by atoms with van der Waals surface area (Å²) in [6, 6.07) is 21.1. The van der Waals surface area contributed by atoms with Gasteiger partial charge < -0.3 is 9.47 Å². The number of nitrogens with zero attached hydrogens (tertiary/aromatic N) is 3. The minimum atomic E-state index is -0.255. The Morgan fingerprint density at radius 3 is 2.42 bits per heavy atom. The highest BCUT2D eigenvalue weighted by atomic mass is 32.1. The summed E-state index contributed by atoms with van der Waals surface area (Å²) in [5.74, 6) is -0.200. The summed E-state index contributed by atoms with van der Waals surface area (Å²) >= 11 is 1.61. The predicted octanol–water partition coefficient (Wildman–Crippen LogP) is 4.85. The van der Waals surface area contributed by atoms with Gasteiger partial charge in [0.05, 0.1) is 0 Å². The number of carbonyl (C=O) groups excluding carboxylic acids is 1. The minimum absolute atomic E-state index is 0.0548. The number of benzene rings is 2. The Morgan fingerprint density at radius 1 is 0.871 bits per heavy atom. The van der Waals surface area contributed by atoms with E-state index < -0.39 is 0 Å². The van der Waals surface area contributed by atoms with E-state index in [2.05, 4.69) is 29.2 Å². The number of rotatable bonds is 5. The van der Waals surface area contributed by atoms with Crippen LogP contribution in [0.25, 0.3) is 10.2 Å². The molecule has 1 aliphatic rings. The number of carbonyl (C=O) groups is 1. The lowest BCUT2D eigenvalue weighted by Gasteiger charge is -2.35. The molecule has 158 valence electrons. The van der Waals surface area contributed by atoms with Crippen LogP contribution in [-0.2, 0) is 13.1 Å². The highest BCUT2D eigenvalue weighted by Crippen LogP contribution is 2.27. The Balaban J connectivity index is 1.33. The van der Waals surface area contributed by atoms with Crippen molar-refractivity contribution in [1.82, 2.24) is 14.4 Å². The van der Waals surface area contributed by atoms with Crippen LogP contribution in [0.15, 0.2) is 72.1 Å². The minimum Gasteiger partial charge on any atom is -0.335 e. The summed E-state index contributed by atoms with van der Waals surface area (Å²) in [4.78, 5) is 18.8. The molecule has 4 nitrogen and oxygen atoms in total. The molecule has 0 bridgehead atoms. The summed E-state index contributed by atoms with van der Waals surface area (Å²) in [5.41, 5.74) is 2.83. The molecule has 1 saturated heterocycles. The van der Waals surface area contributed by atoms with Crippen LogP contribution < -0.4 is 0 Å². The van der Waals surface area contributed by atoms with Crippen LogP contribution >= 0.6 is 11.3 Å². The lowest BCUT2D eigenvalue weighted by atomic mass is 10.2. The van der Waals surface area contributed by atoms with Crippen LogP contribution in [0.2, 0.25) is 0 Å². The number of fused-ring (bicyclic) bond motifs is 1. The topological polar surface area (TPSA) is 28.5 Å². The summed E-state index contributed by atoms with van der Waals surface area (Å²) in [6.45, 7) is 4.54. The molecule has 0 N–H and O–H groups in total. The van der Waals surface area contributed by atoms with Crippen LogP contribution in [0.5, 0.6) is 0 Å². The standard InChI is InChI=1S/C25H24FN3OS/c26-22-8-4-7-20(15-22)18-29-23(16-21-9-14-31-25(21)29)24(30)28-12-10-27(11-13-28)17-19-5-2-1-3-6-19/h1-9,14-16H,10-13,17-18H2. The molecule has 31 heavy (non-hydrogen) atoms. The second-order valence-electron chi connectivity index (χ2n) is 7.98. The van der Waals surface area contributed by atoms with E-state index in [-0.39, 0.29) is 11.7 Å². The zero-order chi connectivity index (χ0) is 21.2. The first kappa shape index (κ1) is 20.0. The van der Waals surface area contributed by atoms with E-state index in [9.17, 15) is 9.18 Å². The van der Waals surface area contributed by atoms with E-state index in [1.165, 1.54) is 17.7 Å². The molecule has 0 spiro atoms. The van der Waals surface area contributed by atoms with Crippen LogP contribution in [0.4, 0.5) is 4.39 Å². The van der Waals surface area contributed by atoms with E-state index in [0.717, 1.165) is 35.4 Å². The molecule has 2 aromatic heterocycles. The maximum atomic E-state index is 13.7. The molecule has 0 radical (unpaired) electrons. The molecule has 3 heterocycles. The smallest absolute Gasteiger partial charge is 0.270 e. The van der Waals surface area contributed by atoms with Crippen LogP contribution in [0.1, 0.15) is 21.6 Å². The van der Waals surface area contributed by atoms with Crippen molar-refractivity contribution in [3.8, 4) is 0 Å². The summed E-state index contributed by atoms with van der Waals surface area (Å²) < 4.78 is 15.7. The van der Waals surface area contributed by atoms with Gasteiger partial charge in [0.15, 0.2) is 0 Å². The van der Waals surface area contributed by atoms with Gasteiger partial charge in [-0.3, -0.25) is 9.69 Å². The molecule has 1 amide bonds. The highest BCUT2D eigenvalue weighted by molar-refractivity contribution is 7.16. The van der Waals surface area contributed by atoms with E-state index in [0.29, 0.717) is 25.3 Å². The molecule has 5 rings (SSSR count). The predicted molar refractivity (Wildman–Crippen MR) is 123 cm³/mol. The lowest BCUT2D eigenvalue weighted by molar-refractivity contribution is 0.0619. The molecule has 6 heteroatoms. The fraction of sp³-hybridized carbons (Fsp3) is 0.240. The maximum Gasteiger partial charge on any atom is 0.270 e. The van der Waals surface area contributed by atoms with Gasteiger partial charge in [0.2, 0.25) is 0 Å². The number of piperazine rings is 1. The van der Waals surface area contributed by atoms with Gasteiger partial charge in [-0.25, -0.2) is 4.39 Å². The van der Waals surface area contributed by atoms with Crippen LogP contribution in [0, 0.1) is 5.82 Å². The average molecular weight is 434 g/mol. The van der Waals surface area contributed by atoms with Crippen molar-refractivity contribution < 1.29 is 9.18 Å². The molecular weight excluding hydrogens is 409 g/mol. The second-order valence-corrected chi connectivity index (χ2v) is 8.88. The van der Waals surface area contributed by atoms with Crippen molar-refractivity contribution in [3.63, 3.8) is 0 Å². The zero-order valence-corrected chi connectivity index (χ0v) is 18.0. The van der Waals surface area contributed by atoms with Crippen molar-refractivity contribution in [2.24, 2.45) is 0 Å². The zero-order valence-electron chi connectivity index (χ0n) is 17.2. The van der Waals surface area contributed by atoms with E-state index in [1.54, 1.807) is 17.4 Å². The fourth-order valence-corrected chi connectivity index (χ4v) is 5.14. The molecule has 0 atom stereocenters. The van der Waals surface area contributed by atoms with Gasteiger partial charge >= 0.3 is 0 Å². The van der Waals surface area contributed by atoms with Gasteiger partial charge in [0.25, 0.3) is 5.91 Å². The first-order chi connectivity index (χ1) is 15.2. The molecular formula is C25H24FN3OS. The third-order valence-electron chi connectivity index (χ3n) is 5.86. The molecule has 1 aliphatic heterocycles. The largest absolute Gasteiger partial charge is 0.335 e. The molecule has 1 fully saturated rings. The molecule has 2 aromatic carbocycles. The molecule has 0 aliphatic carbocycles. The van der Waals surface area contributed by atoms with Gasteiger partial charge in [-0.1, -0.05) is 42.5 Å². The number of thiophene rings is 1. The van der Waals surface area contributed by atoms with Crippen molar-refractivity contribution in [2.45, 2.75) is 13.1 Å². The number of aromatic nitrogens is 1. The van der Waals surface area contributed by atoms with Gasteiger partial charge in [0, 0.05) is 44.7 Å². The SMILES string of the molecule is O=C(c1cc2ccsc2n1Cc1cccc(F)c1)N1CCN(Cc2ccccc2)CC1. The van der Waals surface area contributed by atoms with Crippen molar-refractivity contribution in [3.05, 3.63) is 94.7 Å². The van der Waals surface area contributed by atoms with Crippen molar-refractivity contribution in [1.29, 1.82) is 0 Å². The molecule has 4 aromatic rings. The van der Waals surface area contributed by atoms with E-state index in [1.807, 2.05) is 39.1 Å². The molecule has 0 unspecified atom stereocenters. The maximum absolute atomic E-state index is 13.7. The summed E-state index contributed by atoms with van der Waals surface area (Å²) in [7, 11) is 0. The van der Waals surface area contributed by atoms with Gasteiger partial charge in [-0.05, 0) is 40.8 Å². The highest BCUT2D eigenvalue weighted by Gasteiger charge is 2.25. The van der Waals surface area contributed by atoms with Crippen molar-refractivity contribution >= 4 is 27.5 Å². The number of amides is 1. The monoisotopic (exact) mass is 433 g/mol. The average Bonchev–Trinajstić information content (AvgIpc) is 3.37. The number of hydrogen-bond donors (Lipinski definition) is 0. The van der Waals surface area contributed by atoms with E-state index >= 15 is 0 Å². The van der Waals surface area contributed by atoms with Crippen LogP contribution in [-0.4, -0.2) is 46.5 Å². The Hall–Kier alpha value is -2.96. The molecule has 0 saturated carbocycles. The van der Waals surface area contributed by atoms with E-state index in [4.69, 9.17) is 0 Å². The Kier molecular flexibility index (Phi) is 5.57. The third kappa shape index (κ3) is 4.27. The Bertz CT molecular complexity index is 1190. The third-order valence-corrected chi connectivity index (χ3v) is 6.81. The van der Waals surface area contributed by atoms with Gasteiger partial charge in [-0.2, -0.15) is 0 Å². The number of halogens is 1. The Morgan fingerprint density at radius 2 is 1.65 bits per heavy atom. The number of hydrogen-bond acceptors (Lipinski definition) is 3. The fourth-order valence-electron chi connectivity index (χ4n) is 4.24. The Labute approximate surface area is 185 Å². The summed E-state index contributed by atoms with van der Waals surface area (Å²) in [5, 5.41) is 3.09. The van der Waals surface area contributed by atoms with Crippen molar-refractivity contribution in [2.75, 3.05) is 26.2 Å². The van der Waals surface area contributed by atoms with Gasteiger partial charge in [-0.15, -0.1) is 11.3 Å². The van der Waals surface area contributed by atoms with Crippen LogP contribution in [0.3, 0.4) is 0 Å². The first-order valence-electron chi connectivity index (χ1n) is 10.5. The second kappa shape index (κ2) is 8.65. The first-order valence-corrected chi connectivity index (χ1v) is 11.4. The summed E-state index contributed by atoms with van der Waals surface area (Å²) in [6.07, 6.45) is 0. The quantitative estimate of drug-likeness (QED) is 0.450. The lowest BCUT2D eigenvalue weighted by Crippen LogP contribution is -2.48. The normalized spacial score (nSPS) is 14.9.